The molecule has 0 saturated carbocycles. The van der Waals surface area contributed by atoms with Crippen molar-refractivity contribution in [2.45, 2.75) is 30.8 Å². The Hall–Kier alpha value is -1.48. The summed E-state index contributed by atoms with van der Waals surface area (Å²) in [5.41, 5.74) is 1.32. The van der Waals surface area contributed by atoms with Gasteiger partial charge >= 0.3 is 0 Å². The summed E-state index contributed by atoms with van der Waals surface area (Å²) < 4.78 is 10.8. The van der Waals surface area contributed by atoms with E-state index in [2.05, 4.69) is 29.6 Å². The Kier molecular flexibility index (Phi) is 1.97. The topological polar surface area (TPSA) is 30.5 Å². The summed E-state index contributed by atoms with van der Waals surface area (Å²) in [6, 6.07) is 7.49. The van der Waals surface area contributed by atoms with Gasteiger partial charge in [0.05, 0.1) is 0 Å². The second-order valence-electron chi connectivity index (χ2n) is 4.98. The van der Waals surface area contributed by atoms with Crippen LogP contribution in [0.2, 0.25) is 0 Å². The monoisotopic (exact) mass is 229 g/mol. The first kappa shape index (κ1) is 9.54. The zero-order valence-electron chi connectivity index (χ0n) is 9.56. The zero-order chi connectivity index (χ0) is 11.2. The molecule has 3 heteroatoms. The van der Waals surface area contributed by atoms with E-state index in [-0.39, 0.29) is 0 Å². The van der Waals surface area contributed by atoms with Crippen molar-refractivity contribution < 1.29 is 9.47 Å². The second-order valence-corrected chi connectivity index (χ2v) is 4.98. The lowest BCUT2D eigenvalue weighted by Crippen LogP contribution is -2.35. The molecule has 1 aromatic carbocycles. The Morgan fingerprint density at radius 3 is 3.00 bits per heavy atom. The normalized spacial score (nSPS) is 33.1. The maximum Gasteiger partial charge on any atom is 0.231 e. The number of ether oxygens (including phenoxy) is 2. The van der Waals surface area contributed by atoms with Crippen molar-refractivity contribution in [2.75, 3.05) is 6.79 Å². The molecule has 3 heterocycles. The van der Waals surface area contributed by atoms with Gasteiger partial charge in [-0.25, -0.2) is 0 Å². The second kappa shape index (κ2) is 3.50. The smallest absolute Gasteiger partial charge is 0.231 e. The molecule has 0 spiro atoms. The van der Waals surface area contributed by atoms with Crippen LogP contribution in [-0.4, -0.2) is 18.9 Å². The number of benzene rings is 1. The summed E-state index contributed by atoms with van der Waals surface area (Å²) in [5, 5.41) is 3.65. The summed E-state index contributed by atoms with van der Waals surface area (Å²) in [6.07, 6.45) is 7.17. The first-order valence-electron chi connectivity index (χ1n) is 6.24. The first-order valence-corrected chi connectivity index (χ1v) is 6.24. The number of hydrogen-bond donors (Lipinski definition) is 1. The van der Waals surface area contributed by atoms with Crippen molar-refractivity contribution >= 4 is 0 Å². The van der Waals surface area contributed by atoms with E-state index >= 15 is 0 Å². The Bertz CT molecular complexity index is 483. The van der Waals surface area contributed by atoms with Crippen LogP contribution >= 0.6 is 0 Å². The molecular weight excluding hydrogens is 214 g/mol. The van der Waals surface area contributed by atoms with Gasteiger partial charge in [-0.2, -0.15) is 0 Å². The molecule has 0 aromatic heterocycles. The molecule has 0 aliphatic carbocycles. The van der Waals surface area contributed by atoms with Crippen LogP contribution in [-0.2, 0) is 0 Å². The molecule has 3 nitrogen and oxygen atoms in total. The van der Waals surface area contributed by atoms with Gasteiger partial charge in [0.25, 0.3) is 0 Å². The summed E-state index contributed by atoms with van der Waals surface area (Å²) >= 11 is 0. The van der Waals surface area contributed by atoms with Crippen LogP contribution in [0.25, 0.3) is 0 Å². The lowest BCUT2D eigenvalue weighted by Gasteiger charge is -2.25. The van der Waals surface area contributed by atoms with Crippen molar-refractivity contribution in [3.05, 3.63) is 35.9 Å². The van der Waals surface area contributed by atoms with E-state index in [1.807, 2.05) is 6.07 Å². The van der Waals surface area contributed by atoms with Crippen molar-refractivity contribution in [3.63, 3.8) is 0 Å². The third kappa shape index (κ3) is 1.46. The predicted octanol–water partition coefficient (Wildman–Crippen LogP) is 2.19. The molecule has 3 atom stereocenters. The van der Waals surface area contributed by atoms with Crippen molar-refractivity contribution in [1.29, 1.82) is 0 Å². The summed E-state index contributed by atoms with van der Waals surface area (Å²) in [6.45, 7) is 0.350. The van der Waals surface area contributed by atoms with Gasteiger partial charge < -0.3 is 14.8 Å². The standard InChI is InChI=1S/C14H15NO2/c1-6-13-14(17-8-16-13)7-9(1)11-4-2-10-3-5-12(11)15-10/h1-2,4,6-7,10-12,15H,3,5,8H2/t10-,11-,12-/m0/s1. The van der Waals surface area contributed by atoms with E-state index < -0.39 is 0 Å². The minimum absolute atomic E-state index is 0.350. The first-order chi connectivity index (χ1) is 8.40. The number of nitrogens with one attached hydrogen (secondary N) is 1. The van der Waals surface area contributed by atoms with Crippen LogP contribution in [0, 0.1) is 0 Å². The summed E-state index contributed by atoms with van der Waals surface area (Å²) in [7, 11) is 0. The predicted molar refractivity (Wildman–Crippen MR) is 64.4 cm³/mol. The van der Waals surface area contributed by atoms with Gasteiger partial charge in [-0.1, -0.05) is 18.2 Å². The van der Waals surface area contributed by atoms with Gasteiger partial charge in [0.1, 0.15) is 0 Å². The molecule has 17 heavy (non-hydrogen) atoms. The number of fused-ring (bicyclic) bond motifs is 3. The average molecular weight is 229 g/mol. The molecule has 3 aliphatic rings. The Morgan fingerprint density at radius 2 is 2.00 bits per heavy atom. The van der Waals surface area contributed by atoms with Gasteiger partial charge in [-0.15, -0.1) is 0 Å². The Labute approximate surface area is 100 Å². The summed E-state index contributed by atoms with van der Waals surface area (Å²) in [5.74, 6) is 2.23. The van der Waals surface area contributed by atoms with Gasteiger partial charge in [0.15, 0.2) is 11.5 Å². The van der Waals surface area contributed by atoms with E-state index in [0.29, 0.717) is 24.8 Å². The lowest BCUT2D eigenvalue weighted by molar-refractivity contribution is 0.174. The fraction of sp³-hybridized carbons (Fsp3) is 0.429. The molecule has 3 aliphatic heterocycles. The Morgan fingerprint density at radius 1 is 1.06 bits per heavy atom. The van der Waals surface area contributed by atoms with Crippen LogP contribution in [0.5, 0.6) is 11.5 Å². The van der Waals surface area contributed by atoms with E-state index in [1.165, 1.54) is 18.4 Å². The number of rotatable bonds is 1. The van der Waals surface area contributed by atoms with E-state index in [1.54, 1.807) is 0 Å². The van der Waals surface area contributed by atoms with E-state index in [9.17, 15) is 0 Å². The highest BCUT2D eigenvalue weighted by Crippen LogP contribution is 2.38. The van der Waals surface area contributed by atoms with E-state index in [4.69, 9.17) is 9.47 Å². The van der Waals surface area contributed by atoms with Crippen molar-refractivity contribution in [1.82, 2.24) is 5.32 Å². The quantitative estimate of drug-likeness (QED) is 0.749. The van der Waals surface area contributed by atoms with Crippen LogP contribution < -0.4 is 14.8 Å². The zero-order valence-corrected chi connectivity index (χ0v) is 9.56. The molecule has 0 unspecified atom stereocenters. The molecule has 0 radical (unpaired) electrons. The van der Waals surface area contributed by atoms with Crippen molar-refractivity contribution in [3.8, 4) is 11.5 Å². The SMILES string of the molecule is C1=C[C@@H](c2ccc3c(c2)OCO3)[C@@H]2CC[C@H]1N2. The number of hydrogen-bond acceptors (Lipinski definition) is 3. The molecule has 0 amide bonds. The van der Waals surface area contributed by atoms with Gasteiger partial charge in [-0.05, 0) is 30.5 Å². The lowest BCUT2D eigenvalue weighted by atomic mass is 9.89. The van der Waals surface area contributed by atoms with Gasteiger partial charge in [-0.3, -0.25) is 0 Å². The van der Waals surface area contributed by atoms with Crippen LogP contribution in [0.15, 0.2) is 30.4 Å². The molecular formula is C14H15NO2. The highest BCUT2D eigenvalue weighted by atomic mass is 16.7. The van der Waals surface area contributed by atoms with Gasteiger partial charge in [0, 0.05) is 18.0 Å². The molecule has 1 saturated heterocycles. The maximum absolute atomic E-state index is 5.44. The molecule has 2 bridgehead atoms. The third-order valence-corrected chi connectivity index (χ3v) is 3.98. The molecule has 1 aromatic rings. The molecule has 1 N–H and O–H groups in total. The van der Waals surface area contributed by atoms with Crippen LogP contribution in [0.4, 0.5) is 0 Å². The molecule has 88 valence electrons. The van der Waals surface area contributed by atoms with Gasteiger partial charge in [0.2, 0.25) is 6.79 Å². The third-order valence-electron chi connectivity index (χ3n) is 3.98. The Balaban J connectivity index is 1.70. The van der Waals surface area contributed by atoms with Crippen LogP contribution in [0.1, 0.15) is 24.3 Å². The average Bonchev–Trinajstić information content (AvgIpc) is 2.96. The minimum Gasteiger partial charge on any atom is -0.454 e. The highest BCUT2D eigenvalue weighted by molar-refractivity contribution is 5.47. The van der Waals surface area contributed by atoms with Crippen LogP contribution in [0.3, 0.4) is 0 Å². The molecule has 1 fully saturated rings. The van der Waals surface area contributed by atoms with Crippen molar-refractivity contribution in [2.24, 2.45) is 0 Å². The van der Waals surface area contributed by atoms with E-state index in [0.717, 1.165) is 11.5 Å². The largest absolute Gasteiger partial charge is 0.454 e. The summed E-state index contributed by atoms with van der Waals surface area (Å²) in [4.78, 5) is 0. The highest BCUT2D eigenvalue weighted by Gasteiger charge is 2.32. The minimum atomic E-state index is 0.350. The maximum atomic E-state index is 5.44. The fourth-order valence-electron chi connectivity index (χ4n) is 3.09. The fourth-order valence-corrected chi connectivity index (χ4v) is 3.09. The molecule has 4 rings (SSSR count).